The summed E-state index contributed by atoms with van der Waals surface area (Å²) in [6, 6.07) is 0. The fraction of sp³-hybridized carbons (Fsp3) is 0.917. The van der Waals surface area contributed by atoms with Gasteiger partial charge in [-0.2, -0.15) is 0 Å². The molecule has 0 aromatic carbocycles. The van der Waals surface area contributed by atoms with Crippen molar-refractivity contribution in [2.45, 2.75) is 25.7 Å². The zero-order valence-corrected chi connectivity index (χ0v) is 10.4. The molecule has 6 heteroatoms. The minimum atomic E-state index is -2.54. The molecule has 4 nitrogen and oxygen atoms in total. The summed E-state index contributed by atoms with van der Waals surface area (Å²) in [6.45, 7) is 0.981. The standard InChI is InChI=1S/C12H20F2N2O2/c13-10(14)8-16(5-6-17)11(18)9-7-12(9)1-3-15-4-2-12/h9-10,15,17H,1-8H2. The molecule has 1 amide bonds. The molecule has 2 rings (SSSR count). The molecule has 0 bridgehead atoms. The summed E-state index contributed by atoms with van der Waals surface area (Å²) in [5, 5.41) is 12.1. The van der Waals surface area contributed by atoms with Gasteiger partial charge in [-0.15, -0.1) is 0 Å². The average molecular weight is 262 g/mol. The van der Waals surface area contributed by atoms with Crippen molar-refractivity contribution >= 4 is 5.91 Å². The van der Waals surface area contributed by atoms with E-state index in [1.54, 1.807) is 0 Å². The highest BCUT2D eigenvalue weighted by Crippen LogP contribution is 2.59. The van der Waals surface area contributed by atoms with Crippen molar-refractivity contribution in [3.63, 3.8) is 0 Å². The predicted molar refractivity (Wildman–Crippen MR) is 62.3 cm³/mol. The highest BCUT2D eigenvalue weighted by Gasteiger charge is 2.58. The molecule has 2 fully saturated rings. The lowest BCUT2D eigenvalue weighted by Crippen LogP contribution is -2.40. The van der Waals surface area contributed by atoms with E-state index >= 15 is 0 Å². The van der Waals surface area contributed by atoms with E-state index in [0.717, 1.165) is 37.3 Å². The number of hydrogen-bond donors (Lipinski definition) is 2. The predicted octanol–water partition coefficient (Wildman–Crippen LogP) is 0.462. The highest BCUT2D eigenvalue weighted by molar-refractivity contribution is 5.82. The second-order valence-electron chi connectivity index (χ2n) is 5.27. The second-order valence-corrected chi connectivity index (χ2v) is 5.27. The third-order valence-electron chi connectivity index (χ3n) is 4.13. The number of carbonyl (C=O) groups excluding carboxylic acids is 1. The van der Waals surface area contributed by atoms with Crippen molar-refractivity contribution in [3.05, 3.63) is 0 Å². The third kappa shape index (κ3) is 2.80. The lowest BCUT2D eigenvalue weighted by atomic mass is 9.91. The molecule has 2 N–H and O–H groups in total. The first-order valence-electron chi connectivity index (χ1n) is 6.47. The Morgan fingerprint density at radius 2 is 2.11 bits per heavy atom. The van der Waals surface area contributed by atoms with Gasteiger partial charge in [0.1, 0.15) is 0 Å². The van der Waals surface area contributed by atoms with E-state index in [1.165, 1.54) is 0 Å². The summed E-state index contributed by atoms with van der Waals surface area (Å²) in [4.78, 5) is 13.3. The van der Waals surface area contributed by atoms with Crippen molar-refractivity contribution in [2.75, 3.05) is 32.8 Å². The molecule has 1 atom stereocenters. The van der Waals surface area contributed by atoms with Crippen LogP contribution in [0, 0.1) is 11.3 Å². The van der Waals surface area contributed by atoms with Crippen LogP contribution in [0.4, 0.5) is 8.78 Å². The zero-order chi connectivity index (χ0) is 13.2. The van der Waals surface area contributed by atoms with Gasteiger partial charge in [-0.1, -0.05) is 0 Å². The Morgan fingerprint density at radius 1 is 1.44 bits per heavy atom. The molecule has 18 heavy (non-hydrogen) atoms. The highest BCUT2D eigenvalue weighted by atomic mass is 19.3. The number of aliphatic hydroxyl groups is 1. The fourth-order valence-electron chi connectivity index (χ4n) is 2.97. The number of amides is 1. The molecule has 0 radical (unpaired) electrons. The van der Waals surface area contributed by atoms with E-state index in [1.807, 2.05) is 0 Å². The molecule has 1 spiro atoms. The Morgan fingerprint density at radius 3 is 2.67 bits per heavy atom. The Hall–Kier alpha value is -0.750. The van der Waals surface area contributed by atoms with Crippen LogP contribution in [0.2, 0.25) is 0 Å². The summed E-state index contributed by atoms with van der Waals surface area (Å²) >= 11 is 0. The number of piperidine rings is 1. The van der Waals surface area contributed by atoms with Crippen LogP contribution in [0.5, 0.6) is 0 Å². The Labute approximate surface area is 105 Å². The zero-order valence-electron chi connectivity index (χ0n) is 10.4. The van der Waals surface area contributed by atoms with Crippen molar-refractivity contribution in [1.29, 1.82) is 0 Å². The summed E-state index contributed by atoms with van der Waals surface area (Å²) in [5.74, 6) is -0.309. The van der Waals surface area contributed by atoms with E-state index in [4.69, 9.17) is 5.11 Å². The summed E-state index contributed by atoms with van der Waals surface area (Å²) in [7, 11) is 0. The molecule has 104 valence electrons. The van der Waals surface area contributed by atoms with Gasteiger partial charge in [-0.25, -0.2) is 8.78 Å². The van der Waals surface area contributed by atoms with E-state index in [2.05, 4.69) is 5.32 Å². The number of nitrogens with zero attached hydrogens (tertiary/aromatic N) is 1. The van der Waals surface area contributed by atoms with Gasteiger partial charge in [-0.05, 0) is 37.8 Å². The molecular formula is C12H20F2N2O2. The Kier molecular flexibility index (Phi) is 4.17. The van der Waals surface area contributed by atoms with Crippen LogP contribution in [-0.4, -0.2) is 55.1 Å². The number of nitrogens with one attached hydrogen (secondary N) is 1. The number of carbonyl (C=O) groups is 1. The maximum Gasteiger partial charge on any atom is 0.255 e. The van der Waals surface area contributed by atoms with Crippen LogP contribution < -0.4 is 5.32 Å². The van der Waals surface area contributed by atoms with Gasteiger partial charge in [0.05, 0.1) is 13.2 Å². The number of rotatable bonds is 5. The number of alkyl halides is 2. The number of hydrogen-bond acceptors (Lipinski definition) is 3. The van der Waals surface area contributed by atoms with E-state index < -0.39 is 13.0 Å². The molecule has 0 aromatic heterocycles. The van der Waals surface area contributed by atoms with Gasteiger partial charge in [0, 0.05) is 12.5 Å². The van der Waals surface area contributed by atoms with E-state index in [-0.39, 0.29) is 30.4 Å². The number of halogens is 2. The van der Waals surface area contributed by atoms with Crippen LogP contribution in [-0.2, 0) is 4.79 Å². The average Bonchev–Trinajstić information content (AvgIpc) is 3.02. The molecule has 1 saturated heterocycles. The molecule has 0 aromatic rings. The second kappa shape index (κ2) is 5.48. The maximum atomic E-state index is 12.4. The normalized spacial score (nSPS) is 25.4. The maximum absolute atomic E-state index is 12.4. The summed E-state index contributed by atoms with van der Waals surface area (Å²) in [5.41, 5.74) is 0.0537. The van der Waals surface area contributed by atoms with Crippen LogP contribution in [0.3, 0.4) is 0 Å². The van der Waals surface area contributed by atoms with Gasteiger partial charge in [0.25, 0.3) is 6.43 Å². The van der Waals surface area contributed by atoms with Crippen molar-refractivity contribution in [1.82, 2.24) is 10.2 Å². The Bertz CT molecular complexity index is 306. The van der Waals surface area contributed by atoms with Crippen LogP contribution in [0.25, 0.3) is 0 Å². The summed E-state index contributed by atoms with van der Waals surface area (Å²) in [6.07, 6.45) is 0.178. The van der Waals surface area contributed by atoms with Gasteiger partial charge in [-0.3, -0.25) is 4.79 Å². The van der Waals surface area contributed by atoms with Crippen molar-refractivity contribution in [2.24, 2.45) is 11.3 Å². The molecular weight excluding hydrogens is 242 g/mol. The first-order valence-corrected chi connectivity index (χ1v) is 6.47. The number of aliphatic hydroxyl groups excluding tert-OH is 1. The topological polar surface area (TPSA) is 52.6 Å². The van der Waals surface area contributed by atoms with E-state index in [9.17, 15) is 13.6 Å². The smallest absolute Gasteiger partial charge is 0.255 e. The van der Waals surface area contributed by atoms with Crippen molar-refractivity contribution < 1.29 is 18.7 Å². The minimum Gasteiger partial charge on any atom is -0.395 e. The first kappa shape index (κ1) is 13.7. The van der Waals surface area contributed by atoms with Crippen molar-refractivity contribution in [3.8, 4) is 0 Å². The monoisotopic (exact) mass is 262 g/mol. The van der Waals surface area contributed by atoms with Crippen LogP contribution >= 0.6 is 0 Å². The van der Waals surface area contributed by atoms with Crippen LogP contribution in [0.1, 0.15) is 19.3 Å². The van der Waals surface area contributed by atoms with Gasteiger partial charge in [0.15, 0.2) is 0 Å². The SMILES string of the molecule is O=C(C1CC12CCNCC2)N(CCO)CC(F)F. The largest absolute Gasteiger partial charge is 0.395 e. The summed E-state index contributed by atoms with van der Waals surface area (Å²) < 4.78 is 24.8. The van der Waals surface area contributed by atoms with Crippen LogP contribution in [0.15, 0.2) is 0 Å². The van der Waals surface area contributed by atoms with Gasteiger partial charge >= 0.3 is 0 Å². The quantitative estimate of drug-likeness (QED) is 0.757. The molecule has 1 unspecified atom stereocenters. The molecule has 1 aliphatic heterocycles. The van der Waals surface area contributed by atoms with Gasteiger partial charge < -0.3 is 15.3 Å². The molecule has 1 aliphatic carbocycles. The lowest BCUT2D eigenvalue weighted by Gasteiger charge is -2.26. The van der Waals surface area contributed by atoms with E-state index in [0.29, 0.717) is 0 Å². The molecule has 2 aliphatic rings. The fourth-order valence-corrected chi connectivity index (χ4v) is 2.97. The first-order chi connectivity index (χ1) is 8.59. The van der Waals surface area contributed by atoms with Gasteiger partial charge in [0.2, 0.25) is 5.91 Å². The Balaban J connectivity index is 1.93. The lowest BCUT2D eigenvalue weighted by molar-refractivity contribution is -0.136. The molecule has 1 heterocycles. The molecule has 1 saturated carbocycles. The third-order valence-corrected chi connectivity index (χ3v) is 4.13. The minimum absolute atomic E-state index is 0.00794.